The first kappa shape index (κ1) is 26.4. The molecule has 3 aromatic heterocycles. The fourth-order valence-corrected chi connectivity index (χ4v) is 6.53. The second-order valence-electron chi connectivity index (χ2n) is 9.29. The van der Waals surface area contributed by atoms with Crippen LogP contribution >= 0.6 is 67.8 Å². The fourth-order valence-electron chi connectivity index (χ4n) is 4.68. The van der Waals surface area contributed by atoms with Crippen molar-refractivity contribution < 1.29 is 0 Å². The Morgan fingerprint density at radius 1 is 0.556 bits per heavy atom. The first-order valence-electron chi connectivity index (χ1n) is 12.7. The second-order valence-corrected chi connectivity index (χ2v) is 12.5. The first-order valence-corrected chi connectivity index (χ1v) is 15.9. The lowest BCUT2D eigenvalue weighted by Gasteiger charge is -2.04. The Kier molecular flexibility index (Phi) is 8.87. The summed E-state index contributed by atoms with van der Waals surface area (Å²) in [7, 11) is 0. The Bertz CT molecular complexity index is 1490. The van der Waals surface area contributed by atoms with Crippen LogP contribution in [0.15, 0.2) is 24.3 Å². The highest BCUT2D eigenvalue weighted by Crippen LogP contribution is 2.29. The number of aromatic nitrogens is 4. The van der Waals surface area contributed by atoms with Gasteiger partial charge in [-0.2, -0.15) is 0 Å². The molecule has 0 unspecified atom stereocenters. The van der Waals surface area contributed by atoms with E-state index in [0.717, 1.165) is 52.9 Å². The van der Waals surface area contributed by atoms with Crippen molar-refractivity contribution in [3.05, 3.63) is 63.3 Å². The van der Waals surface area contributed by atoms with Crippen LogP contribution in [-0.2, 0) is 6.42 Å². The molecule has 0 saturated carbocycles. The minimum atomic E-state index is 0.972. The zero-order valence-electron chi connectivity index (χ0n) is 20.3. The monoisotopic (exact) mass is 814 g/mol. The molecule has 5 heterocycles. The number of aryl methyl sites for hydroxylation is 1. The van der Waals surface area contributed by atoms with E-state index >= 15 is 0 Å². The minimum Gasteiger partial charge on any atom is -0.354 e. The standard InChI is InChI=1S/C29H29I3N4/c1-2-3-4-5-6-7-8-9-18-19-10-12-21(33-19)27(30)23-14-16-25(35-23)29(32)26-17-15-24(36-26)28(31)22-13-11-20(18)34-22/h10-17,33,35H,2-9H2,1H3. The van der Waals surface area contributed by atoms with Crippen molar-refractivity contribution in [2.75, 3.05) is 0 Å². The third-order valence-electron chi connectivity index (χ3n) is 6.70. The predicted molar refractivity (Wildman–Crippen MR) is 179 cm³/mol. The molecule has 0 saturated heterocycles. The summed E-state index contributed by atoms with van der Waals surface area (Å²) in [5.74, 6) is 0. The predicted octanol–water partition coefficient (Wildman–Crippen LogP) is 9.76. The maximum atomic E-state index is 5.09. The summed E-state index contributed by atoms with van der Waals surface area (Å²) in [5.41, 5.74) is 9.79. The maximum Gasteiger partial charge on any atom is 0.0793 e. The molecule has 2 N–H and O–H groups in total. The van der Waals surface area contributed by atoms with E-state index in [2.05, 4.69) is 133 Å². The fraction of sp³-hybridized carbons (Fsp3) is 0.310. The minimum absolute atomic E-state index is 0.972. The van der Waals surface area contributed by atoms with Crippen molar-refractivity contribution in [3.8, 4) is 0 Å². The number of hydrogen-bond acceptors (Lipinski definition) is 2. The Hall–Kier alpha value is -1.21. The number of nitrogens with one attached hydrogen (secondary N) is 2. The molecular weight excluding hydrogens is 785 g/mol. The van der Waals surface area contributed by atoms with Crippen molar-refractivity contribution >= 4 is 114 Å². The third kappa shape index (κ3) is 5.77. The van der Waals surface area contributed by atoms with Gasteiger partial charge < -0.3 is 9.97 Å². The van der Waals surface area contributed by atoms with Crippen molar-refractivity contribution in [3.63, 3.8) is 0 Å². The topological polar surface area (TPSA) is 57.4 Å². The van der Waals surface area contributed by atoms with Crippen molar-refractivity contribution in [2.24, 2.45) is 0 Å². The van der Waals surface area contributed by atoms with Crippen LogP contribution in [0.25, 0.3) is 46.4 Å². The highest BCUT2D eigenvalue weighted by Gasteiger charge is 2.14. The molecule has 3 aromatic rings. The van der Waals surface area contributed by atoms with Crippen LogP contribution in [0.3, 0.4) is 0 Å². The molecule has 2 aliphatic rings. The van der Waals surface area contributed by atoms with E-state index in [1.807, 2.05) is 0 Å². The molecule has 7 heteroatoms. The van der Waals surface area contributed by atoms with Gasteiger partial charge in [-0.3, -0.25) is 0 Å². The van der Waals surface area contributed by atoms with Gasteiger partial charge >= 0.3 is 0 Å². The first-order chi connectivity index (χ1) is 17.5. The summed E-state index contributed by atoms with van der Waals surface area (Å²) in [6, 6.07) is 8.71. The molecular formula is C29H29I3N4. The molecule has 0 atom stereocenters. The lowest BCUT2D eigenvalue weighted by atomic mass is 10.0. The van der Waals surface area contributed by atoms with Crippen LogP contribution in [0.5, 0.6) is 0 Å². The Balaban J connectivity index is 1.64. The molecule has 5 rings (SSSR count). The van der Waals surface area contributed by atoms with Crippen molar-refractivity contribution in [1.82, 2.24) is 19.9 Å². The molecule has 0 radical (unpaired) electrons. The molecule has 0 spiro atoms. The summed E-state index contributed by atoms with van der Waals surface area (Å²) in [5, 5.41) is 0. The Labute approximate surface area is 253 Å². The smallest absolute Gasteiger partial charge is 0.0793 e. The van der Waals surface area contributed by atoms with E-state index < -0.39 is 0 Å². The van der Waals surface area contributed by atoms with Crippen LogP contribution < -0.4 is 0 Å². The zero-order chi connectivity index (χ0) is 25.1. The highest BCUT2D eigenvalue weighted by atomic mass is 127. The number of nitrogens with zero attached hydrogens (tertiary/aromatic N) is 2. The number of aromatic amines is 2. The summed E-state index contributed by atoms with van der Waals surface area (Å²) in [6.45, 7) is 2.27. The molecule has 0 aliphatic carbocycles. The average molecular weight is 814 g/mol. The average Bonchev–Trinajstić information content (AvgIpc) is 3.69. The van der Waals surface area contributed by atoms with Gasteiger partial charge in [-0.1, -0.05) is 45.4 Å². The quantitative estimate of drug-likeness (QED) is 0.121. The van der Waals surface area contributed by atoms with Gasteiger partial charge in [0.05, 0.1) is 50.0 Å². The van der Waals surface area contributed by atoms with Crippen LogP contribution in [0.1, 0.15) is 80.2 Å². The lowest BCUT2D eigenvalue weighted by molar-refractivity contribution is 0.589. The Morgan fingerprint density at radius 2 is 1.03 bits per heavy atom. The van der Waals surface area contributed by atoms with Crippen LogP contribution in [-0.4, -0.2) is 19.9 Å². The van der Waals surface area contributed by atoms with E-state index in [1.54, 1.807) is 0 Å². The normalized spacial score (nSPS) is 12.6. The van der Waals surface area contributed by atoms with E-state index in [0.29, 0.717) is 0 Å². The largest absolute Gasteiger partial charge is 0.354 e. The van der Waals surface area contributed by atoms with E-state index in [-0.39, 0.29) is 0 Å². The second kappa shape index (κ2) is 12.1. The summed E-state index contributed by atoms with van der Waals surface area (Å²) >= 11 is 7.22. The highest BCUT2D eigenvalue weighted by molar-refractivity contribution is 14.1. The summed E-state index contributed by atoms with van der Waals surface area (Å²) in [4.78, 5) is 17.3. The van der Waals surface area contributed by atoms with Gasteiger partial charge in [0.1, 0.15) is 0 Å². The summed E-state index contributed by atoms with van der Waals surface area (Å²) < 4.78 is 3.37. The molecule has 0 aromatic carbocycles. The number of rotatable bonds is 8. The zero-order valence-corrected chi connectivity index (χ0v) is 26.8. The van der Waals surface area contributed by atoms with Gasteiger partial charge in [-0.25, -0.2) is 9.97 Å². The molecule has 4 nitrogen and oxygen atoms in total. The van der Waals surface area contributed by atoms with E-state index in [4.69, 9.17) is 9.97 Å². The van der Waals surface area contributed by atoms with Crippen molar-refractivity contribution in [1.29, 1.82) is 0 Å². The molecule has 186 valence electrons. The van der Waals surface area contributed by atoms with Gasteiger partial charge in [0.15, 0.2) is 0 Å². The molecule has 0 fully saturated rings. The molecule has 2 aliphatic heterocycles. The van der Waals surface area contributed by atoms with Crippen LogP contribution in [0.2, 0.25) is 0 Å². The SMILES string of the molecule is CCCCCCCCCc1c2nc(c(I)c3nc(c(I)c4ccc([nH]4)c(I)c4ccc1[nH]4)C=C3)C=C2. The third-order valence-corrected chi connectivity index (χ3v) is 10.1. The Morgan fingerprint density at radius 3 is 1.69 bits per heavy atom. The van der Waals surface area contributed by atoms with Gasteiger partial charge in [0.2, 0.25) is 0 Å². The van der Waals surface area contributed by atoms with Crippen molar-refractivity contribution in [2.45, 2.75) is 58.3 Å². The number of fused-ring (bicyclic) bond motifs is 8. The number of unbranched alkanes of at least 4 members (excludes halogenated alkanes) is 6. The number of halogens is 3. The van der Waals surface area contributed by atoms with E-state index in [1.165, 1.54) is 59.6 Å². The van der Waals surface area contributed by atoms with Gasteiger partial charge in [0, 0.05) is 11.1 Å². The molecule has 0 amide bonds. The molecule has 8 bridgehead atoms. The van der Waals surface area contributed by atoms with E-state index in [9.17, 15) is 0 Å². The molecule has 36 heavy (non-hydrogen) atoms. The maximum absolute atomic E-state index is 5.09. The number of H-pyrrole nitrogens is 2. The van der Waals surface area contributed by atoms with Gasteiger partial charge in [-0.15, -0.1) is 0 Å². The lowest BCUT2D eigenvalue weighted by Crippen LogP contribution is -1.93. The number of hydrogen-bond donors (Lipinski definition) is 2. The van der Waals surface area contributed by atoms with Gasteiger partial charge in [-0.05, 0) is 129 Å². The van der Waals surface area contributed by atoms with Crippen LogP contribution in [0, 0.1) is 10.7 Å². The van der Waals surface area contributed by atoms with Crippen LogP contribution in [0.4, 0.5) is 0 Å². The summed E-state index contributed by atoms with van der Waals surface area (Å²) in [6.07, 6.45) is 18.7. The van der Waals surface area contributed by atoms with Gasteiger partial charge in [0.25, 0.3) is 0 Å².